The lowest BCUT2D eigenvalue weighted by Crippen LogP contribution is -2.19. The number of carbonyl (C=O) groups excluding carboxylic acids is 2. The molecular formula is C11H9Br2ClO3. The lowest BCUT2D eigenvalue weighted by atomic mass is 10.0. The van der Waals surface area contributed by atoms with Crippen LogP contribution in [0.4, 0.5) is 0 Å². The lowest BCUT2D eigenvalue weighted by molar-refractivity contribution is 0.0597. The highest BCUT2D eigenvalue weighted by molar-refractivity contribution is 9.12. The summed E-state index contributed by atoms with van der Waals surface area (Å²) in [5.74, 6) is -0.774. The molecule has 0 aromatic heterocycles. The molecule has 0 heterocycles. The number of halogens is 3. The second kappa shape index (κ2) is 6.52. The molecule has 3 nitrogen and oxygen atoms in total. The third-order valence-corrected chi connectivity index (χ3v) is 4.56. The fourth-order valence-corrected chi connectivity index (χ4v) is 1.96. The molecule has 1 unspecified atom stereocenters. The van der Waals surface area contributed by atoms with E-state index in [4.69, 9.17) is 11.6 Å². The molecule has 0 aliphatic rings. The average Bonchev–Trinajstić information content (AvgIpc) is 2.35. The first-order valence-electron chi connectivity index (χ1n) is 4.63. The van der Waals surface area contributed by atoms with Crippen LogP contribution < -0.4 is 0 Å². The number of methoxy groups -OCH3 is 1. The van der Waals surface area contributed by atoms with E-state index in [1.54, 1.807) is 6.07 Å². The lowest BCUT2D eigenvalue weighted by Gasteiger charge is -2.10. The van der Waals surface area contributed by atoms with Crippen LogP contribution in [0.5, 0.6) is 0 Å². The molecule has 0 fully saturated rings. The minimum atomic E-state index is -0.579. The first-order valence-corrected chi connectivity index (χ1v) is 7.05. The molecule has 0 bridgehead atoms. The van der Waals surface area contributed by atoms with Gasteiger partial charge in [0.25, 0.3) is 0 Å². The summed E-state index contributed by atoms with van der Waals surface area (Å²) in [7, 11) is 1.26. The molecule has 1 aromatic carbocycles. The molecule has 1 aromatic rings. The van der Waals surface area contributed by atoms with E-state index >= 15 is 0 Å². The molecule has 0 saturated heterocycles. The number of carbonyl (C=O) groups is 2. The highest BCUT2D eigenvalue weighted by Gasteiger charge is 2.22. The zero-order valence-corrected chi connectivity index (χ0v) is 12.8. The van der Waals surface area contributed by atoms with E-state index in [0.29, 0.717) is 15.9 Å². The van der Waals surface area contributed by atoms with Gasteiger partial charge in [0.05, 0.1) is 17.5 Å². The van der Waals surface area contributed by atoms with E-state index < -0.39 is 10.8 Å². The van der Waals surface area contributed by atoms with Crippen molar-refractivity contribution >= 4 is 55.2 Å². The molecule has 0 aliphatic carbocycles. The number of ketones is 1. The summed E-state index contributed by atoms with van der Waals surface area (Å²) < 4.78 is 4.62. The highest BCUT2D eigenvalue weighted by Crippen LogP contribution is 2.21. The van der Waals surface area contributed by atoms with Crippen LogP contribution >= 0.6 is 43.5 Å². The van der Waals surface area contributed by atoms with E-state index in [2.05, 4.69) is 36.6 Å². The van der Waals surface area contributed by atoms with Crippen molar-refractivity contribution in [1.82, 2.24) is 0 Å². The molecule has 1 atom stereocenters. The van der Waals surface area contributed by atoms with Crippen LogP contribution in [-0.2, 0) is 4.74 Å². The predicted octanol–water partition coefficient (Wildman–Crippen LogP) is 3.47. The Labute approximate surface area is 121 Å². The first kappa shape index (κ1) is 14.7. The molecule has 6 heteroatoms. The quantitative estimate of drug-likeness (QED) is 0.454. The summed E-state index contributed by atoms with van der Waals surface area (Å²) >= 11 is 12.2. The van der Waals surface area contributed by atoms with Crippen molar-refractivity contribution in [3.63, 3.8) is 0 Å². The second-order valence-electron chi connectivity index (χ2n) is 3.17. The fraction of sp³-hybridized carbons (Fsp3) is 0.273. The third-order valence-electron chi connectivity index (χ3n) is 2.07. The van der Waals surface area contributed by atoms with Crippen molar-refractivity contribution < 1.29 is 14.3 Å². The van der Waals surface area contributed by atoms with Crippen LogP contribution in [0.15, 0.2) is 18.2 Å². The first-order chi connectivity index (χ1) is 8.01. The minimum Gasteiger partial charge on any atom is -0.465 e. The van der Waals surface area contributed by atoms with Gasteiger partial charge in [-0.25, -0.2) is 4.79 Å². The van der Waals surface area contributed by atoms with Gasteiger partial charge in [0.1, 0.15) is 0 Å². The maximum absolute atomic E-state index is 12.0. The van der Waals surface area contributed by atoms with Gasteiger partial charge in [0.2, 0.25) is 0 Å². The molecule has 92 valence electrons. The Morgan fingerprint density at radius 3 is 2.59 bits per heavy atom. The van der Waals surface area contributed by atoms with Gasteiger partial charge in [-0.1, -0.05) is 43.5 Å². The monoisotopic (exact) mass is 382 g/mol. The number of rotatable bonds is 4. The standard InChI is InChI=1S/C11H9Br2ClO3/c1-17-11(16)8-4-6(14)2-3-7(8)10(15)9(13)5-12/h2-4,9H,5H2,1H3. The minimum absolute atomic E-state index is 0.176. The average molecular weight is 384 g/mol. The van der Waals surface area contributed by atoms with Crippen molar-refractivity contribution in [2.75, 3.05) is 12.4 Å². The summed E-state index contributed by atoms with van der Waals surface area (Å²) in [5, 5.41) is 0.835. The summed E-state index contributed by atoms with van der Waals surface area (Å²) in [6.45, 7) is 0. The Bertz CT molecular complexity index is 448. The molecule has 0 radical (unpaired) electrons. The van der Waals surface area contributed by atoms with Crippen LogP contribution in [0.3, 0.4) is 0 Å². The zero-order chi connectivity index (χ0) is 13.0. The Morgan fingerprint density at radius 1 is 1.41 bits per heavy atom. The smallest absolute Gasteiger partial charge is 0.338 e. The van der Waals surface area contributed by atoms with Crippen molar-refractivity contribution in [2.24, 2.45) is 0 Å². The van der Waals surface area contributed by atoms with Crippen molar-refractivity contribution in [2.45, 2.75) is 4.83 Å². The van der Waals surface area contributed by atoms with Crippen molar-refractivity contribution in [3.05, 3.63) is 34.3 Å². The molecule has 0 N–H and O–H groups in total. The maximum atomic E-state index is 12.0. The van der Waals surface area contributed by atoms with Crippen LogP contribution in [0.2, 0.25) is 5.02 Å². The molecule has 0 saturated carbocycles. The van der Waals surface area contributed by atoms with Crippen molar-refractivity contribution in [3.8, 4) is 0 Å². The number of benzene rings is 1. The van der Waals surface area contributed by atoms with Crippen LogP contribution in [0, 0.1) is 0 Å². The SMILES string of the molecule is COC(=O)c1cc(Cl)ccc1C(=O)C(Br)CBr. The number of ether oxygens (including phenoxy) is 1. The Morgan fingerprint density at radius 2 is 2.06 bits per heavy atom. The Kier molecular flexibility index (Phi) is 5.62. The number of esters is 1. The van der Waals surface area contributed by atoms with E-state index in [1.807, 2.05) is 0 Å². The Balaban J connectivity index is 3.23. The fourth-order valence-electron chi connectivity index (χ4n) is 1.25. The van der Waals surface area contributed by atoms with E-state index in [0.717, 1.165) is 0 Å². The van der Waals surface area contributed by atoms with E-state index in [-0.39, 0.29) is 11.3 Å². The maximum Gasteiger partial charge on any atom is 0.338 e. The zero-order valence-electron chi connectivity index (χ0n) is 8.88. The number of Topliss-reactive ketones (excluding diaryl/α,β-unsaturated/α-hetero) is 1. The van der Waals surface area contributed by atoms with Crippen LogP contribution in [-0.4, -0.2) is 29.0 Å². The highest BCUT2D eigenvalue weighted by atomic mass is 79.9. The number of alkyl halides is 2. The van der Waals surface area contributed by atoms with E-state index in [1.165, 1.54) is 19.2 Å². The summed E-state index contributed by atoms with van der Waals surface area (Å²) in [4.78, 5) is 23.1. The van der Waals surface area contributed by atoms with Crippen LogP contribution in [0.25, 0.3) is 0 Å². The molecular weight excluding hydrogens is 375 g/mol. The molecule has 17 heavy (non-hydrogen) atoms. The largest absolute Gasteiger partial charge is 0.465 e. The van der Waals surface area contributed by atoms with Gasteiger partial charge in [-0.15, -0.1) is 0 Å². The Hall–Kier alpha value is -0.390. The second-order valence-corrected chi connectivity index (χ2v) is 5.36. The van der Waals surface area contributed by atoms with Gasteiger partial charge in [-0.05, 0) is 18.2 Å². The van der Waals surface area contributed by atoms with Gasteiger partial charge >= 0.3 is 5.97 Å². The number of hydrogen-bond acceptors (Lipinski definition) is 3. The summed E-state index contributed by atoms with van der Waals surface area (Å²) in [5.41, 5.74) is 0.470. The molecule has 1 rings (SSSR count). The van der Waals surface area contributed by atoms with Crippen molar-refractivity contribution in [1.29, 1.82) is 0 Å². The van der Waals surface area contributed by atoms with Gasteiger partial charge in [-0.2, -0.15) is 0 Å². The molecule has 0 aliphatic heterocycles. The topological polar surface area (TPSA) is 43.4 Å². The summed E-state index contributed by atoms with van der Waals surface area (Å²) in [6, 6.07) is 4.51. The van der Waals surface area contributed by atoms with Gasteiger partial charge in [0, 0.05) is 15.9 Å². The van der Waals surface area contributed by atoms with Gasteiger partial charge in [0.15, 0.2) is 5.78 Å². The van der Waals surface area contributed by atoms with E-state index in [9.17, 15) is 9.59 Å². The predicted molar refractivity (Wildman–Crippen MR) is 73.6 cm³/mol. The van der Waals surface area contributed by atoms with Gasteiger partial charge < -0.3 is 4.74 Å². The molecule has 0 amide bonds. The normalized spacial score (nSPS) is 12.0. The van der Waals surface area contributed by atoms with Gasteiger partial charge in [-0.3, -0.25) is 4.79 Å². The third kappa shape index (κ3) is 3.53. The molecule has 0 spiro atoms. The number of hydrogen-bond donors (Lipinski definition) is 0. The summed E-state index contributed by atoms with van der Waals surface area (Å²) in [6.07, 6.45) is 0. The van der Waals surface area contributed by atoms with Crippen LogP contribution in [0.1, 0.15) is 20.7 Å².